The van der Waals surface area contributed by atoms with E-state index >= 15 is 0 Å². The standard InChI is InChI=1S/C19H28N4O4/c1-19(2,3)27-18(24)23-8-6-7-13(11-23)22-16-15(21)12(10-20)9-14(25-4)17(16)26-5/h9,13,22H,6-8,11,21H2,1-5H3. The molecule has 0 aliphatic carbocycles. The average Bonchev–Trinajstić information content (AvgIpc) is 2.62. The van der Waals surface area contributed by atoms with Crippen LogP contribution in [0.5, 0.6) is 11.5 Å². The molecule has 1 unspecified atom stereocenters. The lowest BCUT2D eigenvalue weighted by Crippen LogP contribution is -2.47. The zero-order chi connectivity index (χ0) is 20.2. The molecular formula is C19H28N4O4. The third-order valence-electron chi connectivity index (χ3n) is 4.25. The van der Waals surface area contributed by atoms with E-state index in [9.17, 15) is 10.1 Å². The van der Waals surface area contributed by atoms with Gasteiger partial charge in [0.2, 0.25) is 0 Å². The molecule has 8 heteroatoms. The van der Waals surface area contributed by atoms with E-state index in [-0.39, 0.29) is 12.1 Å². The lowest BCUT2D eigenvalue weighted by Gasteiger charge is -2.35. The largest absolute Gasteiger partial charge is 0.493 e. The first-order valence-electron chi connectivity index (χ1n) is 8.89. The zero-order valence-corrected chi connectivity index (χ0v) is 16.6. The van der Waals surface area contributed by atoms with Gasteiger partial charge in [0, 0.05) is 25.2 Å². The van der Waals surface area contributed by atoms with Crippen LogP contribution in [0.2, 0.25) is 0 Å². The highest BCUT2D eigenvalue weighted by Crippen LogP contribution is 2.42. The van der Waals surface area contributed by atoms with Gasteiger partial charge in [-0.05, 0) is 33.6 Å². The van der Waals surface area contributed by atoms with Crippen molar-refractivity contribution in [2.75, 3.05) is 38.4 Å². The van der Waals surface area contributed by atoms with Crippen molar-refractivity contribution in [3.05, 3.63) is 11.6 Å². The predicted octanol–water partition coefficient (Wildman–Crippen LogP) is 2.97. The number of likely N-dealkylation sites (tertiary alicyclic amines) is 1. The van der Waals surface area contributed by atoms with Crippen LogP contribution in [0.1, 0.15) is 39.2 Å². The summed E-state index contributed by atoms with van der Waals surface area (Å²) in [5.41, 5.74) is 6.72. The molecule has 2 rings (SSSR count). The Morgan fingerprint density at radius 3 is 2.63 bits per heavy atom. The van der Waals surface area contributed by atoms with Crippen molar-refractivity contribution >= 4 is 17.5 Å². The van der Waals surface area contributed by atoms with Crippen molar-refractivity contribution < 1.29 is 19.0 Å². The molecule has 0 radical (unpaired) electrons. The molecule has 3 N–H and O–H groups in total. The number of hydrogen-bond acceptors (Lipinski definition) is 7. The Balaban J connectivity index is 2.23. The lowest BCUT2D eigenvalue weighted by molar-refractivity contribution is 0.0206. The Morgan fingerprint density at radius 2 is 2.07 bits per heavy atom. The maximum Gasteiger partial charge on any atom is 0.410 e. The van der Waals surface area contributed by atoms with Crippen molar-refractivity contribution in [1.29, 1.82) is 5.26 Å². The van der Waals surface area contributed by atoms with E-state index in [1.54, 1.807) is 11.0 Å². The fourth-order valence-electron chi connectivity index (χ4n) is 3.04. The number of nitrogens with one attached hydrogen (secondary N) is 1. The van der Waals surface area contributed by atoms with E-state index in [1.807, 2.05) is 20.8 Å². The van der Waals surface area contributed by atoms with Crippen molar-refractivity contribution in [2.24, 2.45) is 0 Å². The Bertz CT molecular complexity index is 737. The molecule has 148 valence electrons. The monoisotopic (exact) mass is 376 g/mol. The molecule has 1 atom stereocenters. The smallest absolute Gasteiger partial charge is 0.410 e. The quantitative estimate of drug-likeness (QED) is 0.777. The van der Waals surface area contributed by atoms with Gasteiger partial charge in [-0.15, -0.1) is 0 Å². The van der Waals surface area contributed by atoms with E-state index in [0.717, 1.165) is 12.8 Å². The maximum atomic E-state index is 12.4. The number of nitriles is 1. The van der Waals surface area contributed by atoms with Crippen molar-refractivity contribution in [1.82, 2.24) is 4.90 Å². The summed E-state index contributed by atoms with van der Waals surface area (Å²) in [6, 6.07) is 3.56. The number of nitrogen functional groups attached to an aromatic ring is 1. The average molecular weight is 376 g/mol. The van der Waals surface area contributed by atoms with Gasteiger partial charge in [-0.2, -0.15) is 5.26 Å². The number of nitrogens with two attached hydrogens (primary N) is 1. The zero-order valence-electron chi connectivity index (χ0n) is 16.6. The van der Waals surface area contributed by atoms with Gasteiger partial charge in [0.15, 0.2) is 11.5 Å². The Kier molecular flexibility index (Phi) is 6.26. The molecule has 1 amide bonds. The summed E-state index contributed by atoms with van der Waals surface area (Å²) in [6.45, 7) is 6.64. The van der Waals surface area contributed by atoms with Gasteiger partial charge >= 0.3 is 6.09 Å². The summed E-state index contributed by atoms with van der Waals surface area (Å²) in [5.74, 6) is 0.856. The van der Waals surface area contributed by atoms with Crippen molar-refractivity contribution in [3.63, 3.8) is 0 Å². The molecule has 1 aliphatic heterocycles. The van der Waals surface area contributed by atoms with Crippen molar-refractivity contribution in [2.45, 2.75) is 45.3 Å². The summed E-state index contributed by atoms with van der Waals surface area (Å²) < 4.78 is 16.2. The number of hydrogen-bond donors (Lipinski definition) is 2. The molecule has 1 aromatic carbocycles. The first-order chi connectivity index (χ1) is 12.7. The van der Waals surface area contributed by atoms with E-state index in [1.165, 1.54) is 14.2 Å². The van der Waals surface area contributed by atoms with E-state index in [2.05, 4.69) is 11.4 Å². The molecule has 1 fully saturated rings. The number of ether oxygens (including phenoxy) is 3. The number of piperidine rings is 1. The predicted molar refractivity (Wildman–Crippen MR) is 103 cm³/mol. The second-order valence-electron chi connectivity index (χ2n) is 7.47. The highest BCUT2D eigenvalue weighted by atomic mass is 16.6. The van der Waals surface area contributed by atoms with Crippen LogP contribution >= 0.6 is 0 Å². The summed E-state index contributed by atoms with van der Waals surface area (Å²) in [6.07, 6.45) is 1.34. The van der Waals surface area contributed by atoms with Crippen LogP contribution in [0.3, 0.4) is 0 Å². The molecule has 0 saturated carbocycles. The summed E-state index contributed by atoms with van der Waals surface area (Å²) in [4.78, 5) is 14.0. The molecular weight excluding hydrogens is 348 g/mol. The first-order valence-corrected chi connectivity index (χ1v) is 8.89. The van der Waals surface area contributed by atoms with Gasteiger partial charge in [-0.25, -0.2) is 4.79 Å². The van der Waals surface area contributed by atoms with Crippen LogP contribution in [-0.4, -0.2) is 49.9 Å². The second kappa shape index (κ2) is 8.25. The number of anilines is 2. The SMILES string of the molecule is COc1cc(C#N)c(N)c(NC2CCCN(C(=O)OC(C)(C)C)C2)c1OC. The second-order valence-corrected chi connectivity index (χ2v) is 7.47. The minimum Gasteiger partial charge on any atom is -0.493 e. The highest BCUT2D eigenvalue weighted by Gasteiger charge is 2.29. The number of amides is 1. The first kappa shape index (κ1) is 20.5. The molecule has 1 aliphatic rings. The minimum atomic E-state index is -0.542. The number of rotatable bonds is 4. The summed E-state index contributed by atoms with van der Waals surface area (Å²) in [7, 11) is 3.02. The fraction of sp³-hybridized carbons (Fsp3) is 0.579. The van der Waals surface area contributed by atoms with Crippen molar-refractivity contribution in [3.8, 4) is 17.6 Å². The fourth-order valence-corrected chi connectivity index (χ4v) is 3.04. The van der Waals surface area contributed by atoms with Crippen LogP contribution in [0.15, 0.2) is 6.07 Å². The molecule has 1 aromatic rings. The van der Waals surface area contributed by atoms with Gasteiger partial charge < -0.3 is 30.2 Å². The summed E-state index contributed by atoms with van der Waals surface area (Å²) >= 11 is 0. The molecule has 1 heterocycles. The van der Waals surface area contributed by atoms with Gasteiger partial charge in [-0.1, -0.05) is 0 Å². The van der Waals surface area contributed by atoms with Gasteiger partial charge in [0.25, 0.3) is 0 Å². The van der Waals surface area contributed by atoms with Crippen LogP contribution in [0.25, 0.3) is 0 Å². The number of carbonyl (C=O) groups is 1. The van der Waals surface area contributed by atoms with Crippen LogP contribution in [0.4, 0.5) is 16.2 Å². The third-order valence-corrected chi connectivity index (χ3v) is 4.25. The molecule has 0 bridgehead atoms. The van der Waals surface area contributed by atoms with Gasteiger partial charge in [0.1, 0.15) is 17.4 Å². The number of benzene rings is 1. The topological polar surface area (TPSA) is 110 Å². The number of methoxy groups -OCH3 is 2. The van der Waals surface area contributed by atoms with Crippen LogP contribution < -0.4 is 20.5 Å². The Hall–Kier alpha value is -2.82. The molecule has 0 spiro atoms. The third kappa shape index (κ3) is 4.88. The number of carbonyl (C=O) groups excluding carboxylic acids is 1. The maximum absolute atomic E-state index is 12.4. The van der Waals surface area contributed by atoms with Crippen LogP contribution in [-0.2, 0) is 4.74 Å². The minimum absolute atomic E-state index is 0.0545. The molecule has 8 nitrogen and oxygen atoms in total. The summed E-state index contributed by atoms with van der Waals surface area (Å²) in [5, 5.41) is 12.7. The Labute approximate surface area is 160 Å². The van der Waals surface area contributed by atoms with Crippen LogP contribution in [0, 0.1) is 11.3 Å². The molecule has 27 heavy (non-hydrogen) atoms. The van der Waals surface area contributed by atoms with E-state index in [4.69, 9.17) is 19.9 Å². The number of nitrogens with zero attached hydrogens (tertiary/aromatic N) is 2. The van der Waals surface area contributed by atoms with Gasteiger partial charge in [-0.3, -0.25) is 0 Å². The van der Waals surface area contributed by atoms with E-state index < -0.39 is 5.60 Å². The van der Waals surface area contributed by atoms with Gasteiger partial charge in [0.05, 0.1) is 25.5 Å². The highest BCUT2D eigenvalue weighted by molar-refractivity contribution is 5.82. The molecule has 1 saturated heterocycles. The Morgan fingerprint density at radius 1 is 1.37 bits per heavy atom. The molecule has 0 aromatic heterocycles. The normalized spacial score (nSPS) is 17.0. The lowest BCUT2D eigenvalue weighted by atomic mass is 10.0. The van der Waals surface area contributed by atoms with E-state index in [0.29, 0.717) is 41.5 Å².